The second-order valence-electron chi connectivity index (χ2n) is 7.58. The van der Waals surface area contributed by atoms with Crippen LogP contribution in [-0.4, -0.2) is 44.0 Å². The Morgan fingerprint density at radius 3 is 1.00 bits per heavy atom. The molecular formula is C24H30As3P. The summed E-state index contributed by atoms with van der Waals surface area (Å²) < 4.78 is 4.76. The second-order valence-corrected chi connectivity index (χ2v) is 24.3. The average molecular weight is 574 g/mol. The van der Waals surface area contributed by atoms with Crippen LogP contribution in [0.15, 0.2) is 72.8 Å². The molecule has 0 radical (unpaired) electrons. The molecule has 0 aromatic heterocycles. The van der Waals surface area contributed by atoms with Crippen LogP contribution >= 0.6 is 7.92 Å². The molecule has 3 aromatic rings. The first-order valence-corrected chi connectivity index (χ1v) is 24.9. The van der Waals surface area contributed by atoms with Crippen molar-refractivity contribution in [2.45, 2.75) is 34.3 Å². The third-order valence-corrected chi connectivity index (χ3v) is 15.4. The third-order valence-electron chi connectivity index (χ3n) is 4.81. The topological polar surface area (TPSA) is 0 Å². The molecule has 0 heterocycles. The summed E-state index contributed by atoms with van der Waals surface area (Å²) in [5.41, 5.74) is 14.6. The zero-order valence-corrected chi connectivity index (χ0v) is 24.2. The van der Waals surface area contributed by atoms with Gasteiger partial charge in [0.1, 0.15) is 0 Å². The number of benzene rings is 3. The Labute approximate surface area is 186 Å². The minimum atomic E-state index is -0.882. The van der Waals surface area contributed by atoms with Crippen molar-refractivity contribution in [3.8, 4) is 0 Å². The van der Waals surface area contributed by atoms with Crippen molar-refractivity contribution in [1.29, 1.82) is 0 Å². The predicted molar refractivity (Wildman–Crippen MR) is 136 cm³/mol. The molecule has 0 aliphatic rings. The van der Waals surface area contributed by atoms with E-state index in [2.05, 4.69) is 107 Å². The quantitative estimate of drug-likeness (QED) is 0.313. The average Bonchev–Trinajstić information content (AvgIpc) is 2.69. The van der Waals surface area contributed by atoms with Gasteiger partial charge in [-0.2, -0.15) is 0 Å². The first-order chi connectivity index (χ1) is 13.4. The van der Waals surface area contributed by atoms with Crippen LogP contribution in [0.2, 0.25) is 34.3 Å². The number of hydrogen-bond donors (Lipinski definition) is 0. The van der Waals surface area contributed by atoms with Gasteiger partial charge in [-0.15, -0.1) is 0 Å². The fourth-order valence-corrected chi connectivity index (χ4v) is 11.2. The summed E-state index contributed by atoms with van der Waals surface area (Å²) in [6, 6.07) is 28.6. The number of hydrogen-bond acceptors (Lipinski definition) is 0. The Balaban J connectivity index is 2.18. The van der Waals surface area contributed by atoms with E-state index in [9.17, 15) is 0 Å². The molecule has 28 heavy (non-hydrogen) atoms. The molecule has 146 valence electrons. The molecule has 0 atom stereocenters. The monoisotopic (exact) mass is 574 g/mol. The molecule has 0 aliphatic heterocycles. The van der Waals surface area contributed by atoms with Gasteiger partial charge in [0.2, 0.25) is 0 Å². The van der Waals surface area contributed by atoms with Crippen molar-refractivity contribution in [3.63, 3.8) is 0 Å². The Bertz CT molecular complexity index is 812. The minimum absolute atomic E-state index is 0.499. The van der Waals surface area contributed by atoms with Crippen LogP contribution in [0.1, 0.15) is 0 Å². The number of rotatable bonds is 6. The third kappa shape index (κ3) is 5.47. The maximum absolute atomic E-state index is 2.52. The van der Waals surface area contributed by atoms with E-state index < -0.39 is 51.9 Å². The van der Waals surface area contributed by atoms with Crippen molar-refractivity contribution in [3.05, 3.63) is 72.8 Å². The van der Waals surface area contributed by atoms with Gasteiger partial charge in [0, 0.05) is 0 Å². The van der Waals surface area contributed by atoms with Gasteiger partial charge < -0.3 is 0 Å². The molecule has 0 fully saturated rings. The van der Waals surface area contributed by atoms with Gasteiger partial charge in [0.25, 0.3) is 0 Å². The summed E-state index contributed by atoms with van der Waals surface area (Å²) in [5.74, 6) is 0. The molecule has 0 nitrogen and oxygen atoms in total. The standard InChI is InChI=1S/C24H30As3P/c1-25(2)19-10-7-13-22(16-19)28(23-14-8-11-20(17-23)26(3)4)24-15-9-12-21(18-24)27(5)6/h7-18H,1-6H3. The summed E-state index contributed by atoms with van der Waals surface area (Å²) >= 11 is -2.65. The Morgan fingerprint density at radius 1 is 0.464 bits per heavy atom. The van der Waals surface area contributed by atoms with Crippen LogP contribution in [0.4, 0.5) is 0 Å². The van der Waals surface area contributed by atoms with Crippen LogP contribution in [0, 0.1) is 0 Å². The van der Waals surface area contributed by atoms with E-state index in [1.165, 1.54) is 15.9 Å². The predicted octanol–water partition coefficient (Wildman–Crippen LogP) is 3.33. The Kier molecular flexibility index (Phi) is 8.17. The van der Waals surface area contributed by atoms with Crippen LogP contribution in [-0.2, 0) is 0 Å². The molecule has 0 spiro atoms. The molecule has 3 rings (SSSR count). The molecule has 0 unspecified atom stereocenters. The summed E-state index contributed by atoms with van der Waals surface area (Å²) in [6.45, 7) is 0. The van der Waals surface area contributed by atoms with Gasteiger partial charge in [-0.3, -0.25) is 0 Å². The van der Waals surface area contributed by atoms with Crippen molar-refractivity contribution < 1.29 is 0 Å². The van der Waals surface area contributed by atoms with E-state index in [0.717, 1.165) is 0 Å². The van der Waals surface area contributed by atoms with Gasteiger partial charge in [-0.25, -0.2) is 0 Å². The summed E-state index contributed by atoms with van der Waals surface area (Å²) in [4.78, 5) is 0. The molecule has 0 saturated carbocycles. The Morgan fingerprint density at radius 2 is 0.750 bits per heavy atom. The van der Waals surface area contributed by atoms with E-state index in [4.69, 9.17) is 0 Å². The van der Waals surface area contributed by atoms with Crippen molar-refractivity contribution in [2.75, 3.05) is 0 Å². The first-order valence-electron chi connectivity index (χ1n) is 9.49. The summed E-state index contributed by atoms with van der Waals surface area (Å²) in [5, 5.41) is 4.55. The molecular weight excluding hydrogens is 544 g/mol. The normalized spacial score (nSPS) is 11.8. The first kappa shape index (κ1) is 22.5. The molecule has 0 bridgehead atoms. The van der Waals surface area contributed by atoms with Crippen molar-refractivity contribution in [2.24, 2.45) is 0 Å². The zero-order chi connectivity index (χ0) is 20.3. The molecule has 0 amide bonds. The fraction of sp³-hybridized carbons (Fsp3) is 0.250. The van der Waals surface area contributed by atoms with Crippen LogP contribution in [0.25, 0.3) is 0 Å². The van der Waals surface area contributed by atoms with Gasteiger partial charge >= 0.3 is 188 Å². The molecule has 0 aliphatic carbocycles. The van der Waals surface area contributed by atoms with E-state index >= 15 is 0 Å². The maximum atomic E-state index is 2.52. The molecule has 0 saturated heterocycles. The van der Waals surface area contributed by atoms with Gasteiger partial charge in [0.15, 0.2) is 0 Å². The second kappa shape index (κ2) is 10.2. The van der Waals surface area contributed by atoms with Crippen LogP contribution in [0.5, 0.6) is 0 Å². The fourth-order valence-electron chi connectivity index (χ4n) is 3.18. The van der Waals surface area contributed by atoms with Gasteiger partial charge in [0.05, 0.1) is 0 Å². The van der Waals surface area contributed by atoms with Crippen molar-refractivity contribution >= 4 is 80.8 Å². The van der Waals surface area contributed by atoms with Gasteiger partial charge in [-0.05, 0) is 0 Å². The van der Waals surface area contributed by atoms with Crippen LogP contribution < -0.4 is 29.0 Å². The Hall–Kier alpha value is -0.235. The van der Waals surface area contributed by atoms with E-state index in [1.54, 1.807) is 13.1 Å². The van der Waals surface area contributed by atoms with Crippen LogP contribution in [0.3, 0.4) is 0 Å². The summed E-state index contributed by atoms with van der Waals surface area (Å²) in [7, 11) is -0.499. The molecule has 4 heteroatoms. The molecule has 0 N–H and O–H groups in total. The van der Waals surface area contributed by atoms with E-state index in [-0.39, 0.29) is 0 Å². The van der Waals surface area contributed by atoms with Crippen molar-refractivity contribution in [1.82, 2.24) is 0 Å². The molecule has 3 aromatic carbocycles. The zero-order valence-electron chi connectivity index (χ0n) is 17.7. The van der Waals surface area contributed by atoms with E-state index in [0.29, 0.717) is 0 Å². The summed E-state index contributed by atoms with van der Waals surface area (Å²) in [6.07, 6.45) is 0. The van der Waals surface area contributed by atoms with Gasteiger partial charge in [-0.1, -0.05) is 0 Å². The SMILES string of the molecule is C[As](C)c1cccc(P(c2cccc([As](C)C)c2)c2cccc([As](C)C)c2)c1. The van der Waals surface area contributed by atoms with E-state index in [1.807, 2.05) is 0 Å².